The molecule has 0 radical (unpaired) electrons. The molecule has 2 N–H and O–H groups in total. The number of carbonyl (C=O) groups is 1. The number of benzene rings is 1. The topological polar surface area (TPSA) is 77.7 Å². The van der Waals surface area contributed by atoms with E-state index in [-0.39, 0.29) is 11.2 Å². The third-order valence-corrected chi connectivity index (χ3v) is 7.65. The van der Waals surface area contributed by atoms with E-state index < -0.39 is 5.97 Å². The Hall–Kier alpha value is -2.44. The summed E-state index contributed by atoms with van der Waals surface area (Å²) in [7, 11) is 1.35. The van der Waals surface area contributed by atoms with Crippen LogP contribution in [0.5, 0.6) is 0 Å². The van der Waals surface area contributed by atoms with E-state index in [1.165, 1.54) is 19.2 Å². The third-order valence-electron chi connectivity index (χ3n) is 7.65. The van der Waals surface area contributed by atoms with E-state index in [4.69, 9.17) is 15.2 Å². The molecule has 158 valence electrons. The smallest absolute Gasteiger partial charge is 0.341 e. The quantitative estimate of drug-likeness (QED) is 0.785. The summed E-state index contributed by atoms with van der Waals surface area (Å²) in [5, 5.41) is 0. The number of esters is 1. The molecule has 3 aliphatic rings. The molecular formula is C24H29N3O3. The largest absolute Gasteiger partial charge is 0.465 e. The summed E-state index contributed by atoms with van der Waals surface area (Å²) in [6.45, 7) is 6.54. The minimum absolute atomic E-state index is 0.190. The molecule has 2 aromatic rings. The van der Waals surface area contributed by atoms with Gasteiger partial charge in [0.2, 0.25) is 0 Å². The Labute approximate surface area is 177 Å². The number of aromatic nitrogens is 1. The van der Waals surface area contributed by atoms with E-state index >= 15 is 0 Å². The molecule has 2 saturated heterocycles. The van der Waals surface area contributed by atoms with Crippen molar-refractivity contribution in [2.75, 3.05) is 39.1 Å². The Morgan fingerprint density at radius 2 is 1.97 bits per heavy atom. The summed E-state index contributed by atoms with van der Waals surface area (Å²) < 4.78 is 10.4. The Bertz CT molecular complexity index is 955. The second kappa shape index (κ2) is 7.36. The number of nitrogen functional groups attached to an aromatic ring is 1. The maximum absolute atomic E-state index is 11.9. The van der Waals surface area contributed by atoms with E-state index in [2.05, 4.69) is 41.1 Å². The van der Waals surface area contributed by atoms with Gasteiger partial charge in [-0.3, -0.25) is 4.90 Å². The molecule has 30 heavy (non-hydrogen) atoms. The highest BCUT2D eigenvalue weighted by Crippen LogP contribution is 2.64. The number of piperidine rings is 1. The van der Waals surface area contributed by atoms with Gasteiger partial charge in [0.15, 0.2) is 0 Å². The highest BCUT2D eigenvalue weighted by atomic mass is 16.5. The highest BCUT2D eigenvalue weighted by molar-refractivity contribution is 5.95. The van der Waals surface area contributed by atoms with E-state index in [9.17, 15) is 4.79 Å². The number of methoxy groups -OCH3 is 1. The van der Waals surface area contributed by atoms with Crippen LogP contribution in [0.4, 0.5) is 5.82 Å². The predicted molar refractivity (Wildman–Crippen MR) is 115 cm³/mol. The molecule has 3 heterocycles. The standard InChI is InChI=1S/C24H29N3O3/c1-15-21-13-27(19-7-9-30-10-8-19)14-24(15,21)18-5-3-16(4-6-18)17-11-20(23(28)29-2)22(25)26-12-17/h3-6,11-12,15,19,21H,7-10,13-14H2,1-2H3,(H2,25,26)/t15-,21+,24-/m1/s1. The van der Waals surface area contributed by atoms with Crippen LogP contribution < -0.4 is 5.73 Å². The average molecular weight is 408 g/mol. The lowest BCUT2D eigenvalue weighted by Gasteiger charge is -2.34. The first kappa shape index (κ1) is 19.5. The highest BCUT2D eigenvalue weighted by Gasteiger charge is 2.67. The van der Waals surface area contributed by atoms with E-state index in [0.717, 1.165) is 55.6 Å². The number of hydrogen-bond acceptors (Lipinski definition) is 6. The molecule has 0 bridgehead atoms. The normalized spacial score (nSPS) is 28.9. The second-order valence-corrected chi connectivity index (χ2v) is 8.93. The molecule has 0 unspecified atom stereocenters. The van der Waals surface area contributed by atoms with Crippen LogP contribution in [0, 0.1) is 11.8 Å². The maximum Gasteiger partial charge on any atom is 0.341 e. The zero-order valence-corrected chi connectivity index (χ0v) is 17.6. The molecule has 0 spiro atoms. The molecule has 1 saturated carbocycles. The first-order chi connectivity index (χ1) is 14.5. The SMILES string of the molecule is COC(=O)c1cc(-c2ccc([C@]34CN(C5CCOCC5)C[C@H]3[C@H]4C)cc2)cnc1N. The van der Waals surface area contributed by atoms with Gasteiger partial charge in [-0.15, -0.1) is 0 Å². The first-order valence-electron chi connectivity index (χ1n) is 10.8. The number of fused-ring (bicyclic) bond motifs is 1. The lowest BCUT2D eigenvalue weighted by molar-refractivity contribution is 0.0363. The van der Waals surface area contributed by atoms with Crippen LogP contribution in [0.3, 0.4) is 0 Å². The van der Waals surface area contributed by atoms with Gasteiger partial charge in [0, 0.05) is 49.5 Å². The number of hydrogen-bond donors (Lipinski definition) is 1. The molecule has 1 aromatic heterocycles. The molecule has 3 fully saturated rings. The Kier molecular flexibility index (Phi) is 4.79. The number of likely N-dealkylation sites (tertiary alicyclic amines) is 1. The van der Waals surface area contributed by atoms with Crippen LogP contribution >= 0.6 is 0 Å². The Balaban J connectivity index is 1.37. The fraction of sp³-hybridized carbons (Fsp3) is 0.500. The molecular weight excluding hydrogens is 378 g/mol. The number of nitrogens with zero attached hydrogens (tertiary/aromatic N) is 2. The molecule has 2 aliphatic heterocycles. The molecule has 1 aromatic carbocycles. The van der Waals surface area contributed by atoms with Crippen molar-refractivity contribution in [2.45, 2.75) is 31.2 Å². The van der Waals surface area contributed by atoms with Crippen molar-refractivity contribution in [1.29, 1.82) is 0 Å². The lowest BCUT2D eigenvalue weighted by Crippen LogP contribution is -2.41. The van der Waals surface area contributed by atoms with Crippen LogP contribution in [0.1, 0.15) is 35.7 Å². The van der Waals surface area contributed by atoms with Crippen LogP contribution in [0.2, 0.25) is 0 Å². The Morgan fingerprint density at radius 3 is 2.67 bits per heavy atom. The minimum atomic E-state index is -0.467. The summed E-state index contributed by atoms with van der Waals surface area (Å²) in [6, 6.07) is 11.2. The van der Waals surface area contributed by atoms with Crippen LogP contribution in [0.15, 0.2) is 36.5 Å². The van der Waals surface area contributed by atoms with E-state index in [0.29, 0.717) is 11.6 Å². The molecule has 5 rings (SSSR count). The van der Waals surface area contributed by atoms with Crippen molar-refractivity contribution in [3.05, 3.63) is 47.7 Å². The van der Waals surface area contributed by atoms with Crippen LogP contribution in [-0.4, -0.2) is 55.3 Å². The molecule has 6 nitrogen and oxygen atoms in total. The van der Waals surface area contributed by atoms with Crippen molar-refractivity contribution in [3.8, 4) is 11.1 Å². The summed E-state index contributed by atoms with van der Waals surface area (Å²) in [6.07, 6.45) is 4.02. The number of ether oxygens (including phenoxy) is 2. The minimum Gasteiger partial charge on any atom is -0.465 e. The van der Waals surface area contributed by atoms with Gasteiger partial charge in [-0.2, -0.15) is 0 Å². The van der Waals surface area contributed by atoms with Crippen molar-refractivity contribution >= 4 is 11.8 Å². The number of anilines is 1. The zero-order chi connectivity index (χ0) is 20.9. The number of carbonyl (C=O) groups excluding carboxylic acids is 1. The lowest BCUT2D eigenvalue weighted by atomic mass is 9.91. The molecule has 1 aliphatic carbocycles. The number of rotatable bonds is 4. The van der Waals surface area contributed by atoms with Crippen molar-refractivity contribution < 1.29 is 14.3 Å². The number of pyridine rings is 1. The van der Waals surface area contributed by atoms with Gasteiger partial charge in [-0.05, 0) is 41.9 Å². The van der Waals surface area contributed by atoms with Gasteiger partial charge < -0.3 is 15.2 Å². The zero-order valence-electron chi connectivity index (χ0n) is 17.6. The maximum atomic E-state index is 11.9. The van der Waals surface area contributed by atoms with Crippen molar-refractivity contribution in [1.82, 2.24) is 9.88 Å². The van der Waals surface area contributed by atoms with Crippen LogP contribution in [0.25, 0.3) is 11.1 Å². The summed E-state index contributed by atoms with van der Waals surface area (Å²) in [5.74, 6) is 1.19. The fourth-order valence-electron chi connectivity index (χ4n) is 5.74. The number of nitrogens with two attached hydrogens (primary N) is 1. The predicted octanol–water partition coefficient (Wildman–Crippen LogP) is 3.12. The second-order valence-electron chi connectivity index (χ2n) is 8.93. The van der Waals surface area contributed by atoms with Gasteiger partial charge in [0.05, 0.1) is 7.11 Å². The molecule has 6 heteroatoms. The molecule has 0 amide bonds. The molecule has 3 atom stereocenters. The first-order valence-corrected chi connectivity index (χ1v) is 10.8. The van der Waals surface area contributed by atoms with E-state index in [1.807, 2.05) is 0 Å². The van der Waals surface area contributed by atoms with Crippen molar-refractivity contribution in [3.63, 3.8) is 0 Å². The summed E-state index contributed by atoms with van der Waals surface area (Å²) in [5.41, 5.74) is 9.74. The third kappa shape index (κ3) is 3.01. The van der Waals surface area contributed by atoms with E-state index in [1.54, 1.807) is 12.3 Å². The van der Waals surface area contributed by atoms with Gasteiger partial charge in [0.25, 0.3) is 0 Å². The van der Waals surface area contributed by atoms with Crippen LogP contribution in [-0.2, 0) is 14.9 Å². The summed E-state index contributed by atoms with van der Waals surface area (Å²) >= 11 is 0. The Morgan fingerprint density at radius 1 is 1.23 bits per heavy atom. The fourth-order valence-corrected chi connectivity index (χ4v) is 5.74. The van der Waals surface area contributed by atoms with Crippen molar-refractivity contribution in [2.24, 2.45) is 11.8 Å². The van der Waals surface area contributed by atoms with Gasteiger partial charge in [-0.25, -0.2) is 9.78 Å². The summed E-state index contributed by atoms with van der Waals surface area (Å²) in [4.78, 5) is 18.8. The average Bonchev–Trinajstić information content (AvgIpc) is 3.15. The van der Waals surface area contributed by atoms with Gasteiger partial charge in [-0.1, -0.05) is 31.2 Å². The van der Waals surface area contributed by atoms with Gasteiger partial charge in [0.1, 0.15) is 11.4 Å². The monoisotopic (exact) mass is 407 g/mol. The van der Waals surface area contributed by atoms with Gasteiger partial charge >= 0.3 is 5.97 Å².